The Bertz CT molecular complexity index is 281. The molecule has 5 nitrogen and oxygen atoms in total. The predicted molar refractivity (Wildman–Crippen MR) is 47.4 cm³/mol. The van der Waals surface area contributed by atoms with E-state index in [1.165, 1.54) is 4.90 Å². The Balaban J connectivity index is 2.52. The quantitative estimate of drug-likeness (QED) is 0.596. The molecule has 0 aromatic heterocycles. The van der Waals surface area contributed by atoms with Crippen LogP contribution in [-0.4, -0.2) is 47.7 Å². The summed E-state index contributed by atoms with van der Waals surface area (Å²) < 4.78 is 4.95. The van der Waals surface area contributed by atoms with Crippen molar-refractivity contribution in [3.05, 3.63) is 0 Å². The average molecular weight is 197 g/mol. The normalized spacial score (nSPS) is 21.4. The largest absolute Gasteiger partial charge is 0.479 e. The highest BCUT2D eigenvalue weighted by Crippen LogP contribution is 2.06. The molecule has 5 heteroatoms. The van der Waals surface area contributed by atoms with Crippen LogP contribution in [0.1, 0.15) is 6.42 Å². The minimum Gasteiger partial charge on any atom is -0.479 e. The zero-order valence-corrected chi connectivity index (χ0v) is 7.60. The Labute approximate surface area is 81.6 Å². The summed E-state index contributed by atoms with van der Waals surface area (Å²) in [6.07, 6.45) is 4.07. The van der Waals surface area contributed by atoms with Crippen LogP contribution in [0.25, 0.3) is 0 Å². The summed E-state index contributed by atoms with van der Waals surface area (Å²) in [6, 6.07) is 0. The Morgan fingerprint density at radius 1 is 1.64 bits per heavy atom. The van der Waals surface area contributed by atoms with Crippen molar-refractivity contribution in [2.75, 3.05) is 19.7 Å². The Morgan fingerprint density at radius 2 is 2.36 bits per heavy atom. The van der Waals surface area contributed by atoms with Gasteiger partial charge in [0.1, 0.15) is 0 Å². The van der Waals surface area contributed by atoms with Crippen LogP contribution in [0.15, 0.2) is 0 Å². The number of carboxylic acids is 1. The van der Waals surface area contributed by atoms with Crippen molar-refractivity contribution in [3.8, 4) is 12.3 Å². The first-order valence-electron chi connectivity index (χ1n) is 4.21. The molecule has 1 atom stereocenters. The summed E-state index contributed by atoms with van der Waals surface area (Å²) in [5.41, 5.74) is 0. The van der Waals surface area contributed by atoms with Crippen molar-refractivity contribution in [1.29, 1.82) is 0 Å². The molecule has 1 heterocycles. The van der Waals surface area contributed by atoms with Gasteiger partial charge >= 0.3 is 5.97 Å². The summed E-state index contributed by atoms with van der Waals surface area (Å²) >= 11 is 0. The SMILES string of the molecule is C#CCC(=O)N1CCOC(C(=O)O)C1. The summed E-state index contributed by atoms with van der Waals surface area (Å²) in [5.74, 6) is 0.956. The number of hydrogen-bond acceptors (Lipinski definition) is 3. The van der Waals surface area contributed by atoms with Crippen LogP contribution in [0.5, 0.6) is 0 Å². The van der Waals surface area contributed by atoms with Crippen LogP contribution in [0.2, 0.25) is 0 Å². The fraction of sp³-hybridized carbons (Fsp3) is 0.556. The van der Waals surface area contributed by atoms with Crippen LogP contribution >= 0.6 is 0 Å². The summed E-state index contributed by atoms with van der Waals surface area (Å²) in [7, 11) is 0. The van der Waals surface area contributed by atoms with E-state index in [9.17, 15) is 9.59 Å². The first-order valence-corrected chi connectivity index (χ1v) is 4.21. The number of carbonyl (C=O) groups is 2. The monoisotopic (exact) mass is 197 g/mol. The molecule has 0 bridgehead atoms. The number of hydrogen-bond donors (Lipinski definition) is 1. The first kappa shape index (κ1) is 10.5. The van der Waals surface area contributed by atoms with Crippen molar-refractivity contribution in [3.63, 3.8) is 0 Å². The van der Waals surface area contributed by atoms with E-state index in [0.29, 0.717) is 6.54 Å². The Morgan fingerprint density at radius 3 is 2.93 bits per heavy atom. The molecule has 0 aliphatic carbocycles. The number of ether oxygens (including phenoxy) is 1. The van der Waals surface area contributed by atoms with Gasteiger partial charge in [0.2, 0.25) is 5.91 Å². The predicted octanol–water partition coefficient (Wildman–Crippen LogP) is -0.678. The second-order valence-corrected chi connectivity index (χ2v) is 2.92. The van der Waals surface area contributed by atoms with Crippen LogP contribution in [0.3, 0.4) is 0 Å². The molecule has 1 saturated heterocycles. The van der Waals surface area contributed by atoms with Crippen molar-refractivity contribution >= 4 is 11.9 Å². The van der Waals surface area contributed by atoms with Gasteiger partial charge in [0.05, 0.1) is 19.6 Å². The van der Waals surface area contributed by atoms with E-state index in [2.05, 4.69) is 5.92 Å². The molecule has 1 fully saturated rings. The number of morpholine rings is 1. The standard InChI is InChI=1S/C9H11NO4/c1-2-3-8(11)10-4-5-14-7(6-10)9(12)13/h1,7H,3-6H2,(H,12,13). The lowest BCUT2D eigenvalue weighted by Gasteiger charge is -2.30. The van der Waals surface area contributed by atoms with Gasteiger partial charge in [-0.3, -0.25) is 4.79 Å². The lowest BCUT2D eigenvalue weighted by molar-refractivity contribution is -0.159. The van der Waals surface area contributed by atoms with Crippen LogP contribution in [0, 0.1) is 12.3 Å². The van der Waals surface area contributed by atoms with Crippen LogP contribution in [0.4, 0.5) is 0 Å². The molecule has 0 spiro atoms. The summed E-state index contributed by atoms with van der Waals surface area (Å²) in [5, 5.41) is 8.66. The fourth-order valence-corrected chi connectivity index (χ4v) is 1.22. The lowest BCUT2D eigenvalue weighted by Crippen LogP contribution is -2.48. The van der Waals surface area contributed by atoms with Gasteiger partial charge in [0.25, 0.3) is 0 Å². The molecule has 76 valence electrons. The number of carboxylic acid groups (broad SMARTS) is 1. The van der Waals surface area contributed by atoms with Gasteiger partial charge in [-0.1, -0.05) is 5.92 Å². The molecule has 1 N–H and O–H groups in total. The average Bonchev–Trinajstić information content (AvgIpc) is 2.18. The number of amides is 1. The van der Waals surface area contributed by atoms with Gasteiger partial charge in [0, 0.05) is 6.54 Å². The number of rotatable bonds is 2. The molecule has 1 rings (SSSR count). The molecule has 1 unspecified atom stereocenters. The zero-order valence-electron chi connectivity index (χ0n) is 7.60. The fourth-order valence-electron chi connectivity index (χ4n) is 1.22. The Hall–Kier alpha value is -1.54. The molecular weight excluding hydrogens is 186 g/mol. The first-order chi connectivity index (χ1) is 6.65. The Kier molecular flexibility index (Phi) is 3.48. The van der Waals surface area contributed by atoms with E-state index in [4.69, 9.17) is 16.3 Å². The van der Waals surface area contributed by atoms with Gasteiger partial charge in [0.15, 0.2) is 6.10 Å². The van der Waals surface area contributed by atoms with E-state index in [0.717, 1.165) is 0 Å². The topological polar surface area (TPSA) is 66.8 Å². The van der Waals surface area contributed by atoms with Gasteiger partial charge in [-0.25, -0.2) is 4.79 Å². The smallest absolute Gasteiger partial charge is 0.334 e. The van der Waals surface area contributed by atoms with Gasteiger partial charge in [-0.2, -0.15) is 0 Å². The van der Waals surface area contributed by atoms with Gasteiger partial charge in [-0.05, 0) is 0 Å². The maximum absolute atomic E-state index is 11.3. The van der Waals surface area contributed by atoms with E-state index in [-0.39, 0.29) is 25.5 Å². The minimum absolute atomic E-state index is 0.00629. The molecule has 0 saturated carbocycles. The second kappa shape index (κ2) is 4.63. The summed E-state index contributed by atoms with van der Waals surface area (Å²) in [6.45, 7) is 0.730. The molecule has 14 heavy (non-hydrogen) atoms. The van der Waals surface area contributed by atoms with Crippen LogP contribution in [-0.2, 0) is 14.3 Å². The highest BCUT2D eigenvalue weighted by atomic mass is 16.5. The third-order valence-corrected chi connectivity index (χ3v) is 1.95. The highest BCUT2D eigenvalue weighted by molar-refractivity contribution is 5.80. The van der Waals surface area contributed by atoms with Crippen molar-refractivity contribution < 1.29 is 19.4 Å². The van der Waals surface area contributed by atoms with E-state index < -0.39 is 12.1 Å². The molecule has 1 aliphatic rings. The molecule has 0 radical (unpaired) electrons. The van der Waals surface area contributed by atoms with Gasteiger partial charge < -0.3 is 14.7 Å². The lowest BCUT2D eigenvalue weighted by atomic mass is 10.2. The van der Waals surface area contributed by atoms with Crippen molar-refractivity contribution in [2.24, 2.45) is 0 Å². The number of aliphatic carboxylic acids is 1. The zero-order chi connectivity index (χ0) is 10.6. The molecular formula is C9H11NO4. The number of terminal acetylenes is 1. The van der Waals surface area contributed by atoms with E-state index in [1.807, 2.05) is 0 Å². The van der Waals surface area contributed by atoms with Crippen molar-refractivity contribution in [2.45, 2.75) is 12.5 Å². The maximum atomic E-state index is 11.3. The van der Waals surface area contributed by atoms with E-state index in [1.54, 1.807) is 0 Å². The second-order valence-electron chi connectivity index (χ2n) is 2.92. The third kappa shape index (κ3) is 2.47. The van der Waals surface area contributed by atoms with Crippen molar-refractivity contribution in [1.82, 2.24) is 4.90 Å². The maximum Gasteiger partial charge on any atom is 0.334 e. The molecule has 1 amide bonds. The van der Waals surface area contributed by atoms with Gasteiger partial charge in [-0.15, -0.1) is 6.42 Å². The molecule has 0 aromatic rings. The third-order valence-electron chi connectivity index (χ3n) is 1.95. The molecule has 1 aliphatic heterocycles. The summed E-state index contributed by atoms with van der Waals surface area (Å²) in [4.78, 5) is 23.3. The van der Waals surface area contributed by atoms with Crippen LogP contribution < -0.4 is 0 Å². The number of nitrogens with zero attached hydrogens (tertiary/aromatic N) is 1. The molecule has 0 aromatic carbocycles. The van der Waals surface area contributed by atoms with E-state index >= 15 is 0 Å². The minimum atomic E-state index is -1.05. The number of carbonyl (C=O) groups excluding carboxylic acids is 1. The highest BCUT2D eigenvalue weighted by Gasteiger charge is 2.28.